The molecule has 1 unspecified atom stereocenters. The van der Waals surface area contributed by atoms with Crippen LogP contribution in [0.5, 0.6) is 5.75 Å². The van der Waals surface area contributed by atoms with Crippen LogP contribution < -0.4 is 10.0 Å². The van der Waals surface area contributed by atoms with Gasteiger partial charge in [-0.3, -0.25) is 4.79 Å². The summed E-state index contributed by atoms with van der Waals surface area (Å²) in [4.78, 5) is 24.8. The highest BCUT2D eigenvalue weighted by molar-refractivity contribution is 7.66. The van der Waals surface area contributed by atoms with Crippen molar-refractivity contribution in [2.45, 2.75) is 19.3 Å². The molecule has 33 heavy (non-hydrogen) atoms. The van der Waals surface area contributed by atoms with Gasteiger partial charge in [-0.2, -0.15) is 26.3 Å². The van der Waals surface area contributed by atoms with Gasteiger partial charge in [0, 0.05) is 5.56 Å². The predicted molar refractivity (Wildman–Crippen MR) is 111 cm³/mol. The summed E-state index contributed by atoms with van der Waals surface area (Å²) in [7, 11) is -1.01. The molecule has 172 valence electrons. The van der Waals surface area contributed by atoms with Gasteiger partial charge in [-0.1, -0.05) is 30.3 Å². The summed E-state index contributed by atoms with van der Waals surface area (Å²) in [6.45, 7) is 1.51. The van der Waals surface area contributed by atoms with E-state index < -0.39 is 49.1 Å². The third-order valence-electron chi connectivity index (χ3n) is 4.57. The monoisotopic (exact) mass is 484 g/mol. The van der Waals surface area contributed by atoms with Crippen LogP contribution in [0, 0.1) is 6.92 Å². The molecule has 0 heterocycles. The van der Waals surface area contributed by atoms with E-state index in [1.165, 1.54) is 25.1 Å². The summed E-state index contributed by atoms with van der Waals surface area (Å²) in [5.74, 6) is -0.524. The topological polar surface area (TPSA) is 43.4 Å². The van der Waals surface area contributed by atoms with Gasteiger partial charge >= 0.3 is 18.3 Å². The molecule has 0 aliphatic heterocycles. The molecule has 0 amide bonds. The van der Waals surface area contributed by atoms with Crippen molar-refractivity contribution in [2.24, 2.45) is 0 Å². The maximum absolute atomic E-state index is 13.3. The molecule has 0 fully saturated rings. The Morgan fingerprint density at radius 3 is 1.88 bits per heavy atom. The first-order valence-corrected chi connectivity index (χ1v) is 10.3. The minimum atomic E-state index is -5.14. The van der Waals surface area contributed by atoms with Gasteiger partial charge in [0.2, 0.25) is 0 Å². The zero-order valence-electron chi connectivity index (χ0n) is 16.8. The lowest BCUT2D eigenvalue weighted by Crippen LogP contribution is -2.19. The van der Waals surface area contributed by atoms with Crippen LogP contribution in [0.3, 0.4) is 0 Å². The molecule has 0 N–H and O–H groups in total. The van der Waals surface area contributed by atoms with Crippen molar-refractivity contribution >= 4 is 25.4 Å². The van der Waals surface area contributed by atoms with Gasteiger partial charge < -0.3 is 4.74 Å². The molecule has 0 saturated carbocycles. The number of benzene rings is 3. The van der Waals surface area contributed by atoms with Crippen LogP contribution in [0.1, 0.15) is 37.4 Å². The Morgan fingerprint density at radius 2 is 1.36 bits per heavy atom. The number of esters is 1. The Balaban J connectivity index is 1.89. The van der Waals surface area contributed by atoms with Crippen molar-refractivity contribution in [3.05, 3.63) is 94.5 Å². The Bertz CT molecular complexity index is 1150. The molecule has 0 aliphatic rings. The van der Waals surface area contributed by atoms with E-state index in [-0.39, 0.29) is 11.1 Å². The van der Waals surface area contributed by atoms with Crippen LogP contribution in [0.2, 0.25) is 0 Å². The second-order valence-electron chi connectivity index (χ2n) is 6.91. The molecule has 3 aromatic rings. The molecule has 3 rings (SSSR count). The van der Waals surface area contributed by atoms with E-state index in [4.69, 9.17) is 4.74 Å². The molecule has 0 spiro atoms. The van der Waals surface area contributed by atoms with E-state index in [9.17, 15) is 35.9 Å². The van der Waals surface area contributed by atoms with Gasteiger partial charge in [-0.15, -0.1) is 0 Å². The zero-order valence-corrected chi connectivity index (χ0v) is 17.8. The molecule has 3 aromatic carbocycles. The molecular formula is C23H15F6O3P. The number of rotatable bonds is 5. The number of ether oxygens (including phenoxy) is 1. The van der Waals surface area contributed by atoms with Crippen LogP contribution in [0.15, 0.2) is 66.7 Å². The lowest BCUT2D eigenvalue weighted by Gasteiger charge is -2.18. The summed E-state index contributed by atoms with van der Waals surface area (Å²) in [5.41, 5.74) is -5.32. The quantitative estimate of drug-likeness (QED) is 0.182. The number of hydrogen-bond donors (Lipinski definition) is 0. The lowest BCUT2D eigenvalue weighted by molar-refractivity contribution is -0.143. The Morgan fingerprint density at radius 1 is 0.788 bits per heavy atom. The smallest absolute Gasteiger partial charge is 0.417 e. The molecule has 0 aliphatic carbocycles. The zero-order chi connectivity index (χ0) is 24.4. The van der Waals surface area contributed by atoms with Crippen molar-refractivity contribution in [1.29, 1.82) is 0 Å². The first-order chi connectivity index (χ1) is 15.4. The fourth-order valence-corrected chi connectivity index (χ4v) is 4.11. The second-order valence-corrected chi connectivity index (χ2v) is 8.15. The first kappa shape index (κ1) is 24.5. The van der Waals surface area contributed by atoms with E-state index in [1.54, 1.807) is 30.3 Å². The van der Waals surface area contributed by atoms with Crippen molar-refractivity contribution in [2.75, 3.05) is 0 Å². The first-order valence-electron chi connectivity index (χ1n) is 9.34. The number of hydrogen-bond acceptors (Lipinski definition) is 3. The molecule has 0 bridgehead atoms. The maximum atomic E-state index is 13.3. The number of alkyl halides is 6. The van der Waals surface area contributed by atoms with E-state index in [1.807, 2.05) is 0 Å². The molecular weight excluding hydrogens is 469 g/mol. The predicted octanol–water partition coefficient (Wildman–Crippen LogP) is 6.40. The molecule has 0 radical (unpaired) electrons. The fraction of sp³-hybridized carbons (Fsp3) is 0.130. The van der Waals surface area contributed by atoms with Crippen LogP contribution in [-0.4, -0.2) is 11.5 Å². The number of halogens is 6. The van der Waals surface area contributed by atoms with Crippen molar-refractivity contribution in [1.82, 2.24) is 0 Å². The molecule has 3 nitrogen and oxygen atoms in total. The Labute approximate surface area is 186 Å². The standard InChI is InChI=1S/C23H15F6O3P/c1-13-12-15(32-20(30)14-6-3-2-4-7-14)10-11-18(13)33-21(31)19-16(22(24,25)26)8-5-9-17(19)23(27,28)29/h2-12,33H,1H3. The largest absolute Gasteiger partial charge is 0.423 e. The number of carbonyl (C=O) groups is 2. The van der Waals surface area contributed by atoms with Crippen LogP contribution >= 0.6 is 8.58 Å². The summed E-state index contributed by atoms with van der Waals surface area (Å²) < 4.78 is 85.3. The van der Waals surface area contributed by atoms with E-state index in [0.717, 1.165) is 0 Å². The average Bonchev–Trinajstić information content (AvgIpc) is 2.74. The number of carbonyl (C=O) groups excluding carboxylic acids is 2. The highest BCUT2D eigenvalue weighted by Gasteiger charge is 2.42. The van der Waals surface area contributed by atoms with Crippen LogP contribution in [-0.2, 0) is 12.4 Å². The van der Waals surface area contributed by atoms with E-state index in [2.05, 4.69) is 0 Å². The number of aryl methyl sites for hydroxylation is 1. The molecule has 1 atom stereocenters. The average molecular weight is 484 g/mol. The molecule has 10 heteroatoms. The maximum Gasteiger partial charge on any atom is 0.417 e. The highest BCUT2D eigenvalue weighted by Crippen LogP contribution is 2.41. The van der Waals surface area contributed by atoms with Crippen molar-refractivity contribution < 1.29 is 40.7 Å². The van der Waals surface area contributed by atoms with Gasteiger partial charge in [0.25, 0.3) is 0 Å². The third kappa shape index (κ3) is 5.79. The van der Waals surface area contributed by atoms with E-state index >= 15 is 0 Å². The van der Waals surface area contributed by atoms with E-state index in [0.29, 0.717) is 29.3 Å². The van der Waals surface area contributed by atoms with Gasteiger partial charge in [0.1, 0.15) is 5.75 Å². The second kappa shape index (κ2) is 9.35. The lowest BCUT2D eigenvalue weighted by atomic mass is 10.0. The van der Waals surface area contributed by atoms with Crippen molar-refractivity contribution in [3.8, 4) is 5.75 Å². The minimum absolute atomic E-state index is 0.119. The van der Waals surface area contributed by atoms with Gasteiger partial charge in [-0.05, 0) is 62.8 Å². The fourth-order valence-electron chi connectivity index (χ4n) is 3.03. The summed E-state index contributed by atoms with van der Waals surface area (Å²) in [5, 5.41) is 0.226. The van der Waals surface area contributed by atoms with Crippen molar-refractivity contribution in [3.63, 3.8) is 0 Å². The SMILES string of the molecule is Cc1cc(OC(=O)c2ccccc2)ccc1PC(=O)c1c(C(F)(F)F)cccc1C(F)(F)F. The highest BCUT2D eigenvalue weighted by atomic mass is 31.1. The van der Waals surface area contributed by atoms with Gasteiger partial charge in [0.05, 0.1) is 16.7 Å². The molecule has 0 aromatic heterocycles. The Kier molecular flexibility index (Phi) is 6.93. The third-order valence-corrected chi connectivity index (χ3v) is 5.88. The van der Waals surface area contributed by atoms with Gasteiger partial charge in [-0.25, -0.2) is 4.79 Å². The summed E-state index contributed by atoms with van der Waals surface area (Å²) in [6.07, 6.45) is -10.3. The van der Waals surface area contributed by atoms with Gasteiger partial charge in [0.15, 0.2) is 5.52 Å². The summed E-state index contributed by atoms with van der Waals surface area (Å²) >= 11 is 0. The molecule has 0 saturated heterocycles. The summed E-state index contributed by atoms with van der Waals surface area (Å²) in [6, 6.07) is 13.7. The Hall–Kier alpha value is -3.19. The van der Waals surface area contributed by atoms with Crippen LogP contribution in [0.25, 0.3) is 0 Å². The minimum Gasteiger partial charge on any atom is -0.423 e. The normalized spacial score (nSPS) is 12.2. The van der Waals surface area contributed by atoms with Crippen LogP contribution in [0.4, 0.5) is 26.3 Å².